The molecule has 2 rings (SSSR count). The predicted molar refractivity (Wildman–Crippen MR) is 113 cm³/mol. The molecule has 8 heteroatoms. The van der Waals surface area contributed by atoms with Gasteiger partial charge in [0.2, 0.25) is 5.75 Å². The van der Waals surface area contributed by atoms with E-state index in [1.54, 1.807) is 27.7 Å². The summed E-state index contributed by atoms with van der Waals surface area (Å²) in [5.74, 6) is -3.11. The van der Waals surface area contributed by atoms with Gasteiger partial charge in [-0.3, -0.25) is 4.79 Å². The minimum atomic E-state index is -0.842. The SMILES string of the molecule is CC(C)OC(=O)c1cc(/C=C/C(=O)c2ccc(Cl)cc2O)c(OC(C)C)c(O)c1O. The molecule has 2 aromatic rings. The molecule has 0 aliphatic carbocycles. The summed E-state index contributed by atoms with van der Waals surface area (Å²) in [6, 6.07) is 5.32. The van der Waals surface area contributed by atoms with Crippen LogP contribution in [0, 0.1) is 0 Å². The number of phenolic OH excluding ortho intramolecular Hbond substituents is 3. The van der Waals surface area contributed by atoms with Gasteiger partial charge in [0.1, 0.15) is 11.3 Å². The number of rotatable bonds is 7. The molecule has 0 saturated carbocycles. The molecular formula is C22H23ClO7. The fourth-order valence-electron chi connectivity index (χ4n) is 2.55. The topological polar surface area (TPSA) is 113 Å². The van der Waals surface area contributed by atoms with E-state index in [4.69, 9.17) is 21.1 Å². The Morgan fingerprint density at radius 3 is 2.20 bits per heavy atom. The van der Waals surface area contributed by atoms with E-state index in [-0.39, 0.29) is 39.3 Å². The predicted octanol–water partition coefficient (Wildman–Crippen LogP) is 4.71. The largest absolute Gasteiger partial charge is 0.507 e. The number of esters is 1. The highest BCUT2D eigenvalue weighted by molar-refractivity contribution is 6.31. The number of benzene rings is 2. The van der Waals surface area contributed by atoms with E-state index in [0.717, 1.165) is 6.08 Å². The summed E-state index contributed by atoms with van der Waals surface area (Å²) in [6.45, 7) is 6.70. The van der Waals surface area contributed by atoms with Crippen LogP contribution in [-0.4, -0.2) is 39.3 Å². The molecule has 0 aliphatic rings. The Balaban J connectivity index is 2.52. The third-order valence-electron chi connectivity index (χ3n) is 3.81. The summed E-state index contributed by atoms with van der Waals surface area (Å²) >= 11 is 5.78. The molecule has 3 N–H and O–H groups in total. The van der Waals surface area contributed by atoms with Crippen LogP contribution in [0.25, 0.3) is 6.08 Å². The van der Waals surface area contributed by atoms with Gasteiger partial charge in [-0.25, -0.2) is 4.79 Å². The van der Waals surface area contributed by atoms with Crippen LogP contribution in [0.3, 0.4) is 0 Å². The molecule has 0 amide bonds. The van der Waals surface area contributed by atoms with Crippen molar-refractivity contribution in [2.45, 2.75) is 39.9 Å². The Hall–Kier alpha value is -3.19. The molecule has 7 nitrogen and oxygen atoms in total. The van der Waals surface area contributed by atoms with Crippen molar-refractivity contribution in [2.75, 3.05) is 0 Å². The van der Waals surface area contributed by atoms with Crippen LogP contribution in [0.1, 0.15) is 54.0 Å². The van der Waals surface area contributed by atoms with Crippen molar-refractivity contribution >= 4 is 29.4 Å². The summed E-state index contributed by atoms with van der Waals surface area (Å²) < 4.78 is 10.6. The number of carbonyl (C=O) groups is 2. The van der Waals surface area contributed by atoms with Crippen molar-refractivity contribution in [3.63, 3.8) is 0 Å². The molecule has 30 heavy (non-hydrogen) atoms. The minimum absolute atomic E-state index is 0.0180. The maximum atomic E-state index is 12.5. The molecule has 0 bridgehead atoms. The van der Waals surface area contributed by atoms with Gasteiger partial charge in [0.05, 0.1) is 17.8 Å². The Morgan fingerprint density at radius 2 is 1.63 bits per heavy atom. The quantitative estimate of drug-likeness (QED) is 0.250. The smallest absolute Gasteiger partial charge is 0.342 e. The number of aromatic hydroxyl groups is 3. The number of ketones is 1. The first-order chi connectivity index (χ1) is 14.0. The van der Waals surface area contributed by atoms with Gasteiger partial charge in [-0.1, -0.05) is 11.6 Å². The summed E-state index contributed by atoms with van der Waals surface area (Å²) in [7, 11) is 0. The number of allylic oxidation sites excluding steroid dienone is 1. The Kier molecular flexibility index (Phi) is 7.34. The van der Waals surface area contributed by atoms with Gasteiger partial charge >= 0.3 is 5.97 Å². The summed E-state index contributed by atoms with van der Waals surface area (Å²) in [4.78, 5) is 24.7. The number of hydrogen-bond acceptors (Lipinski definition) is 7. The number of halogens is 1. The van der Waals surface area contributed by atoms with Crippen LogP contribution in [0.2, 0.25) is 5.02 Å². The first kappa shape index (κ1) is 23.1. The van der Waals surface area contributed by atoms with Crippen LogP contribution in [0.4, 0.5) is 0 Å². The van der Waals surface area contributed by atoms with Gasteiger partial charge in [0.25, 0.3) is 0 Å². The number of phenols is 3. The molecule has 0 atom stereocenters. The average Bonchev–Trinajstić information content (AvgIpc) is 2.63. The first-order valence-electron chi connectivity index (χ1n) is 9.18. The Morgan fingerprint density at radius 1 is 0.967 bits per heavy atom. The highest BCUT2D eigenvalue weighted by atomic mass is 35.5. The maximum absolute atomic E-state index is 12.5. The molecular weight excluding hydrogens is 412 g/mol. The van der Waals surface area contributed by atoms with E-state index in [2.05, 4.69) is 0 Å². The molecule has 0 saturated heterocycles. The zero-order chi connectivity index (χ0) is 22.6. The van der Waals surface area contributed by atoms with Crippen LogP contribution in [0.5, 0.6) is 23.0 Å². The van der Waals surface area contributed by atoms with Crippen molar-refractivity contribution in [3.05, 3.63) is 52.1 Å². The van der Waals surface area contributed by atoms with E-state index in [1.165, 1.54) is 30.3 Å². The monoisotopic (exact) mass is 434 g/mol. The highest BCUT2D eigenvalue weighted by Gasteiger charge is 2.24. The minimum Gasteiger partial charge on any atom is -0.507 e. The maximum Gasteiger partial charge on any atom is 0.342 e. The number of carbonyl (C=O) groups excluding carboxylic acids is 2. The zero-order valence-corrected chi connectivity index (χ0v) is 17.7. The third kappa shape index (κ3) is 5.45. The van der Waals surface area contributed by atoms with E-state index < -0.39 is 29.4 Å². The van der Waals surface area contributed by atoms with Crippen molar-refractivity contribution in [1.29, 1.82) is 0 Å². The van der Waals surface area contributed by atoms with E-state index in [1.807, 2.05) is 0 Å². The van der Waals surface area contributed by atoms with Gasteiger partial charge in [0, 0.05) is 10.6 Å². The molecule has 0 heterocycles. The van der Waals surface area contributed by atoms with Crippen LogP contribution < -0.4 is 4.74 Å². The van der Waals surface area contributed by atoms with Crippen LogP contribution in [0.15, 0.2) is 30.3 Å². The van der Waals surface area contributed by atoms with Crippen molar-refractivity contribution < 1.29 is 34.4 Å². The average molecular weight is 435 g/mol. The van der Waals surface area contributed by atoms with Crippen molar-refractivity contribution in [3.8, 4) is 23.0 Å². The molecule has 0 spiro atoms. The standard InChI is InChI=1S/C22H23ClO7/c1-11(2)29-21-13(5-8-17(24)15-7-6-14(23)10-18(15)25)9-16(19(26)20(21)27)22(28)30-12(3)4/h5-12,25-27H,1-4H3/b8-5+. The summed E-state index contributed by atoms with van der Waals surface area (Å²) in [6.07, 6.45) is 1.63. The van der Waals surface area contributed by atoms with Gasteiger partial charge < -0.3 is 24.8 Å². The lowest BCUT2D eigenvalue weighted by atomic mass is 10.0. The van der Waals surface area contributed by atoms with E-state index >= 15 is 0 Å². The number of ether oxygens (including phenoxy) is 2. The Labute approximate surface area is 179 Å². The van der Waals surface area contributed by atoms with Crippen LogP contribution in [-0.2, 0) is 4.74 Å². The molecule has 2 aromatic carbocycles. The molecule has 0 radical (unpaired) electrons. The summed E-state index contributed by atoms with van der Waals surface area (Å²) in [5.41, 5.74) is -0.0975. The molecule has 0 aromatic heterocycles. The fourth-order valence-corrected chi connectivity index (χ4v) is 2.71. The second kappa shape index (κ2) is 9.54. The Bertz CT molecular complexity index is 993. The van der Waals surface area contributed by atoms with Crippen molar-refractivity contribution in [1.82, 2.24) is 0 Å². The first-order valence-corrected chi connectivity index (χ1v) is 9.56. The zero-order valence-electron chi connectivity index (χ0n) is 17.0. The molecule has 0 aliphatic heterocycles. The van der Waals surface area contributed by atoms with E-state index in [0.29, 0.717) is 0 Å². The second-order valence-corrected chi connectivity index (χ2v) is 7.46. The lowest BCUT2D eigenvalue weighted by Crippen LogP contribution is -2.13. The second-order valence-electron chi connectivity index (χ2n) is 7.02. The van der Waals surface area contributed by atoms with Gasteiger partial charge in [0.15, 0.2) is 17.3 Å². The van der Waals surface area contributed by atoms with E-state index in [9.17, 15) is 24.9 Å². The van der Waals surface area contributed by atoms with Crippen LogP contribution >= 0.6 is 11.6 Å². The fraction of sp³-hybridized carbons (Fsp3) is 0.273. The van der Waals surface area contributed by atoms with Gasteiger partial charge in [-0.15, -0.1) is 0 Å². The molecule has 0 unspecified atom stereocenters. The highest BCUT2D eigenvalue weighted by Crippen LogP contribution is 2.43. The molecule has 0 fully saturated rings. The van der Waals surface area contributed by atoms with Gasteiger partial charge in [-0.05, 0) is 64.1 Å². The lowest BCUT2D eigenvalue weighted by Gasteiger charge is -2.17. The molecule has 160 valence electrons. The van der Waals surface area contributed by atoms with Gasteiger partial charge in [-0.2, -0.15) is 0 Å². The lowest BCUT2D eigenvalue weighted by molar-refractivity contribution is 0.0373. The third-order valence-corrected chi connectivity index (χ3v) is 4.05. The number of hydrogen-bond donors (Lipinski definition) is 3. The normalized spacial score (nSPS) is 11.3. The summed E-state index contributed by atoms with van der Waals surface area (Å²) in [5, 5.41) is 30.8. The van der Waals surface area contributed by atoms with Crippen molar-refractivity contribution in [2.24, 2.45) is 0 Å².